The molecule has 2 aromatic rings. The highest BCUT2D eigenvalue weighted by Gasteiger charge is 2.44. The summed E-state index contributed by atoms with van der Waals surface area (Å²) >= 11 is 0. The average Bonchev–Trinajstić information content (AvgIpc) is 2.68. The van der Waals surface area contributed by atoms with Crippen LogP contribution < -0.4 is 4.90 Å². The first-order chi connectivity index (χ1) is 13.3. The van der Waals surface area contributed by atoms with Crippen LogP contribution in [0.15, 0.2) is 42.6 Å². The number of ether oxygens (including phenoxy) is 1. The number of hydrogen-bond acceptors (Lipinski definition) is 5. The molecule has 0 unspecified atom stereocenters. The van der Waals surface area contributed by atoms with Crippen molar-refractivity contribution in [1.29, 1.82) is 0 Å². The van der Waals surface area contributed by atoms with Crippen LogP contribution in [0.2, 0.25) is 0 Å². The molecule has 4 rings (SSSR count). The topological polar surface area (TPSA) is 58.5 Å². The summed E-state index contributed by atoms with van der Waals surface area (Å²) in [5.41, 5.74) is -0.383. The smallest absolute Gasteiger partial charge is 0.393 e. The Hall–Kier alpha value is -2.19. The Morgan fingerprint density at radius 2 is 1.82 bits per heavy atom. The molecule has 2 saturated heterocycles. The quantitative estimate of drug-likeness (QED) is 0.842. The van der Waals surface area contributed by atoms with E-state index in [2.05, 4.69) is 9.97 Å². The summed E-state index contributed by atoms with van der Waals surface area (Å²) in [7, 11) is 0. The Morgan fingerprint density at radius 1 is 1.11 bits per heavy atom. The second kappa shape index (κ2) is 7.33. The second-order valence-corrected chi connectivity index (χ2v) is 7.52. The third kappa shape index (κ3) is 3.98. The van der Waals surface area contributed by atoms with Gasteiger partial charge in [-0.2, -0.15) is 13.2 Å². The molecule has 5 nitrogen and oxygen atoms in total. The molecule has 0 bridgehead atoms. The van der Waals surface area contributed by atoms with Gasteiger partial charge >= 0.3 is 6.18 Å². The normalized spacial score (nSPS) is 25.1. The monoisotopic (exact) mass is 393 g/mol. The summed E-state index contributed by atoms with van der Waals surface area (Å²) in [6.45, 7) is 0.963. The minimum atomic E-state index is -4.49. The Morgan fingerprint density at radius 3 is 2.50 bits per heavy atom. The lowest BCUT2D eigenvalue weighted by Gasteiger charge is -2.48. The minimum absolute atomic E-state index is 0.0839. The molecule has 1 N–H and O–H groups in total. The van der Waals surface area contributed by atoms with Gasteiger partial charge < -0.3 is 14.7 Å². The molecule has 2 atom stereocenters. The van der Waals surface area contributed by atoms with Gasteiger partial charge in [-0.3, -0.25) is 0 Å². The lowest BCUT2D eigenvalue weighted by Crippen LogP contribution is -2.51. The predicted molar refractivity (Wildman–Crippen MR) is 96.7 cm³/mol. The molecule has 2 aliphatic heterocycles. The molecule has 1 aromatic carbocycles. The first-order valence-corrected chi connectivity index (χ1v) is 9.41. The Labute approximate surface area is 161 Å². The van der Waals surface area contributed by atoms with E-state index < -0.39 is 23.6 Å². The maximum absolute atomic E-state index is 12.9. The number of aliphatic hydroxyl groups excluding tert-OH is 1. The number of aromatic nitrogens is 2. The van der Waals surface area contributed by atoms with Crippen LogP contribution in [0, 0.1) is 0 Å². The van der Waals surface area contributed by atoms with Gasteiger partial charge in [-0.15, -0.1) is 0 Å². The highest BCUT2D eigenvalue weighted by molar-refractivity contribution is 5.32. The van der Waals surface area contributed by atoms with Gasteiger partial charge in [0.15, 0.2) is 0 Å². The van der Waals surface area contributed by atoms with E-state index in [-0.39, 0.29) is 12.1 Å². The molecule has 2 aliphatic rings. The number of piperidine rings is 1. The van der Waals surface area contributed by atoms with Gasteiger partial charge in [-0.25, -0.2) is 9.97 Å². The van der Waals surface area contributed by atoms with Crippen molar-refractivity contribution in [2.75, 3.05) is 18.0 Å². The lowest BCUT2D eigenvalue weighted by molar-refractivity contribution is -0.173. The van der Waals surface area contributed by atoms with Crippen molar-refractivity contribution in [3.05, 3.63) is 53.9 Å². The Bertz CT molecular complexity index is 808. The number of nitrogens with zero attached hydrogens (tertiary/aromatic N) is 3. The maximum atomic E-state index is 12.9. The number of hydrogen-bond donors (Lipinski definition) is 1. The van der Waals surface area contributed by atoms with E-state index in [1.54, 1.807) is 4.90 Å². The molecule has 150 valence electrons. The van der Waals surface area contributed by atoms with E-state index in [0.717, 1.165) is 17.8 Å². The summed E-state index contributed by atoms with van der Waals surface area (Å²) in [5.74, 6) is 0.0839. The van der Waals surface area contributed by atoms with Crippen molar-refractivity contribution < 1.29 is 23.0 Å². The van der Waals surface area contributed by atoms with Gasteiger partial charge in [-0.05, 0) is 24.5 Å². The van der Waals surface area contributed by atoms with E-state index >= 15 is 0 Å². The molecule has 1 aromatic heterocycles. The molecular weight excluding hydrogens is 371 g/mol. The second-order valence-electron chi connectivity index (χ2n) is 7.52. The predicted octanol–water partition coefficient (Wildman–Crippen LogP) is 3.75. The number of halogens is 3. The van der Waals surface area contributed by atoms with E-state index in [1.807, 2.05) is 30.3 Å². The van der Waals surface area contributed by atoms with Gasteiger partial charge in [0.25, 0.3) is 0 Å². The first-order valence-electron chi connectivity index (χ1n) is 9.41. The van der Waals surface area contributed by atoms with Crippen molar-refractivity contribution in [2.45, 2.75) is 49.7 Å². The number of anilines is 1. The van der Waals surface area contributed by atoms with E-state index in [9.17, 15) is 18.3 Å². The largest absolute Gasteiger partial charge is 0.433 e. The van der Waals surface area contributed by atoms with Crippen molar-refractivity contribution in [2.24, 2.45) is 0 Å². The Kier molecular flexibility index (Phi) is 5.01. The Balaban J connectivity index is 1.47. The molecule has 0 saturated carbocycles. The molecule has 0 aliphatic carbocycles. The molecule has 8 heteroatoms. The van der Waals surface area contributed by atoms with Crippen LogP contribution in [0.3, 0.4) is 0 Å². The third-order valence-electron chi connectivity index (χ3n) is 5.55. The fraction of sp³-hybridized carbons (Fsp3) is 0.500. The van der Waals surface area contributed by atoms with Crippen LogP contribution in [0.4, 0.5) is 19.1 Å². The van der Waals surface area contributed by atoms with Gasteiger partial charge in [0.2, 0.25) is 5.95 Å². The third-order valence-corrected chi connectivity index (χ3v) is 5.55. The zero-order chi connectivity index (χ0) is 19.8. The average molecular weight is 393 g/mol. The summed E-state index contributed by atoms with van der Waals surface area (Å²) in [6.07, 6.45) is -1.70. The molecule has 0 amide bonds. The molecule has 0 radical (unpaired) electrons. The molecular formula is C20H22F3N3O2. The molecule has 1 spiro atoms. The van der Waals surface area contributed by atoms with Crippen LogP contribution in [-0.4, -0.2) is 39.9 Å². The number of alkyl halides is 3. The standard InChI is InChI=1S/C20H22F3N3O2/c21-20(22,23)17-6-9-24-18(25-17)26-10-7-19(8-11-26)13-15(27)12-16(28-19)14-4-2-1-3-5-14/h1-6,9,15-16,27H,7-8,10-13H2/t15-,16-/m1/s1. The van der Waals surface area contributed by atoms with E-state index in [4.69, 9.17) is 4.74 Å². The van der Waals surface area contributed by atoms with Gasteiger partial charge in [0.05, 0.1) is 17.8 Å². The lowest BCUT2D eigenvalue weighted by atomic mass is 9.81. The SMILES string of the molecule is O[C@@H]1C[C@H](c2ccccc2)OC2(CCN(c3nccc(C(F)(F)F)n3)CC2)C1. The summed E-state index contributed by atoms with van der Waals surface area (Å²) in [5, 5.41) is 10.4. The van der Waals surface area contributed by atoms with Crippen LogP contribution in [0.25, 0.3) is 0 Å². The van der Waals surface area contributed by atoms with Crippen LogP contribution in [-0.2, 0) is 10.9 Å². The zero-order valence-corrected chi connectivity index (χ0v) is 15.3. The van der Waals surface area contributed by atoms with Crippen LogP contribution in [0.5, 0.6) is 0 Å². The minimum Gasteiger partial charge on any atom is -0.393 e. The molecule has 28 heavy (non-hydrogen) atoms. The fourth-order valence-corrected chi connectivity index (χ4v) is 4.12. The first kappa shape index (κ1) is 19.1. The summed E-state index contributed by atoms with van der Waals surface area (Å²) < 4.78 is 45.2. The summed E-state index contributed by atoms with van der Waals surface area (Å²) in [4.78, 5) is 9.44. The number of aliphatic hydroxyl groups is 1. The van der Waals surface area contributed by atoms with Crippen molar-refractivity contribution in [1.82, 2.24) is 9.97 Å². The zero-order valence-electron chi connectivity index (χ0n) is 15.3. The molecule has 3 heterocycles. The van der Waals surface area contributed by atoms with E-state index in [0.29, 0.717) is 38.8 Å². The summed E-state index contributed by atoms with van der Waals surface area (Å²) in [6, 6.07) is 10.7. The van der Waals surface area contributed by atoms with Gasteiger partial charge in [0, 0.05) is 32.1 Å². The maximum Gasteiger partial charge on any atom is 0.433 e. The fourth-order valence-electron chi connectivity index (χ4n) is 4.12. The van der Waals surface area contributed by atoms with Crippen molar-refractivity contribution >= 4 is 5.95 Å². The van der Waals surface area contributed by atoms with Crippen LogP contribution in [0.1, 0.15) is 43.0 Å². The molecule has 2 fully saturated rings. The van der Waals surface area contributed by atoms with Crippen LogP contribution >= 0.6 is 0 Å². The van der Waals surface area contributed by atoms with Crippen molar-refractivity contribution in [3.8, 4) is 0 Å². The van der Waals surface area contributed by atoms with Crippen molar-refractivity contribution in [3.63, 3.8) is 0 Å². The highest BCUT2D eigenvalue weighted by atomic mass is 19.4. The van der Waals surface area contributed by atoms with Gasteiger partial charge in [0.1, 0.15) is 5.69 Å². The highest BCUT2D eigenvalue weighted by Crippen LogP contribution is 2.43. The van der Waals surface area contributed by atoms with Gasteiger partial charge in [-0.1, -0.05) is 30.3 Å². The number of rotatable bonds is 2. The number of benzene rings is 1. The van der Waals surface area contributed by atoms with E-state index in [1.165, 1.54) is 0 Å².